The van der Waals surface area contributed by atoms with Crippen LogP contribution in [-0.4, -0.2) is 28.0 Å². The zero-order chi connectivity index (χ0) is 23.2. The Hall–Kier alpha value is -3.97. The number of H-pyrrole nitrogens is 1. The van der Waals surface area contributed by atoms with Crippen LogP contribution in [0.2, 0.25) is 0 Å². The highest BCUT2D eigenvalue weighted by atomic mass is 16.1. The van der Waals surface area contributed by atoms with Crippen molar-refractivity contribution >= 4 is 17.5 Å². The standard InChI is InChI=1S/C26H28N6O/c1-18(13-19-7-6-8-20(14-19)16-27)30-26-28-12-11-24(31-26)32(2)22-15-23(25(33)29-17-22)21-9-4-3-5-10-21/h3-12,14-15,17-18H,13,16,27H2,1-2H3,(H,29,33)(H,28,30,31)/t18-/m0/s1. The van der Waals surface area contributed by atoms with E-state index in [9.17, 15) is 4.79 Å². The van der Waals surface area contributed by atoms with Gasteiger partial charge in [-0.2, -0.15) is 4.98 Å². The predicted octanol–water partition coefficient (Wildman–Crippen LogP) is 4.10. The molecule has 0 saturated carbocycles. The van der Waals surface area contributed by atoms with Crippen LogP contribution in [0.1, 0.15) is 18.1 Å². The van der Waals surface area contributed by atoms with Gasteiger partial charge in [0.2, 0.25) is 5.95 Å². The summed E-state index contributed by atoms with van der Waals surface area (Å²) in [6.45, 7) is 2.63. The van der Waals surface area contributed by atoms with Crippen molar-refractivity contribution in [1.29, 1.82) is 0 Å². The lowest BCUT2D eigenvalue weighted by Crippen LogP contribution is -2.21. The molecule has 33 heavy (non-hydrogen) atoms. The van der Waals surface area contributed by atoms with Crippen molar-refractivity contribution in [2.24, 2.45) is 5.73 Å². The summed E-state index contributed by atoms with van der Waals surface area (Å²) >= 11 is 0. The molecule has 0 bridgehead atoms. The van der Waals surface area contributed by atoms with Crippen LogP contribution in [0, 0.1) is 0 Å². The van der Waals surface area contributed by atoms with Crippen molar-refractivity contribution in [2.45, 2.75) is 25.9 Å². The molecule has 4 aromatic rings. The molecule has 0 amide bonds. The fourth-order valence-corrected chi connectivity index (χ4v) is 3.74. The lowest BCUT2D eigenvalue weighted by atomic mass is 10.0. The molecule has 0 saturated heterocycles. The van der Waals surface area contributed by atoms with Crippen molar-refractivity contribution in [3.8, 4) is 11.1 Å². The molecular formula is C26H28N6O. The lowest BCUT2D eigenvalue weighted by molar-refractivity contribution is 0.775. The van der Waals surface area contributed by atoms with Gasteiger partial charge < -0.3 is 20.9 Å². The molecule has 0 spiro atoms. The Labute approximate surface area is 193 Å². The SMILES string of the molecule is C[C@@H](Cc1cccc(CN)c1)Nc1nccc(N(C)c2c[nH]c(=O)c(-c3ccccc3)c2)n1. The van der Waals surface area contributed by atoms with Crippen LogP contribution in [0.4, 0.5) is 17.5 Å². The monoisotopic (exact) mass is 440 g/mol. The molecule has 1 atom stereocenters. The highest BCUT2D eigenvalue weighted by Gasteiger charge is 2.12. The predicted molar refractivity (Wildman–Crippen MR) is 134 cm³/mol. The largest absolute Gasteiger partial charge is 0.351 e. The van der Waals surface area contributed by atoms with E-state index in [1.54, 1.807) is 12.4 Å². The molecule has 0 aliphatic rings. The third-order valence-electron chi connectivity index (χ3n) is 5.49. The number of nitrogens with two attached hydrogens (primary N) is 1. The van der Waals surface area contributed by atoms with E-state index < -0.39 is 0 Å². The number of hydrogen-bond donors (Lipinski definition) is 3. The number of pyridine rings is 1. The van der Waals surface area contributed by atoms with Gasteiger partial charge in [0.05, 0.1) is 5.69 Å². The second kappa shape index (κ2) is 10.1. The normalized spacial score (nSPS) is 11.7. The number of hydrogen-bond acceptors (Lipinski definition) is 6. The van der Waals surface area contributed by atoms with Crippen molar-refractivity contribution in [3.63, 3.8) is 0 Å². The number of aromatic nitrogens is 3. The Morgan fingerprint density at radius 2 is 1.85 bits per heavy atom. The molecule has 4 rings (SSSR count). The minimum Gasteiger partial charge on any atom is -0.351 e. The first kappa shape index (κ1) is 22.2. The van der Waals surface area contributed by atoms with Gasteiger partial charge in [-0.1, -0.05) is 54.6 Å². The van der Waals surface area contributed by atoms with Crippen LogP contribution < -0.4 is 21.5 Å². The van der Waals surface area contributed by atoms with E-state index in [1.807, 2.05) is 66.5 Å². The van der Waals surface area contributed by atoms with E-state index >= 15 is 0 Å². The summed E-state index contributed by atoms with van der Waals surface area (Å²) in [5.74, 6) is 1.27. The molecule has 7 nitrogen and oxygen atoms in total. The van der Waals surface area contributed by atoms with Gasteiger partial charge in [0, 0.05) is 37.6 Å². The zero-order valence-corrected chi connectivity index (χ0v) is 18.8. The minimum atomic E-state index is -0.129. The Kier molecular flexibility index (Phi) is 6.80. The molecule has 2 heterocycles. The first-order valence-corrected chi connectivity index (χ1v) is 10.9. The number of aromatic amines is 1. The zero-order valence-electron chi connectivity index (χ0n) is 18.8. The Morgan fingerprint density at radius 3 is 2.64 bits per heavy atom. The van der Waals surface area contributed by atoms with Gasteiger partial charge in [-0.15, -0.1) is 0 Å². The molecule has 0 unspecified atom stereocenters. The average molecular weight is 441 g/mol. The fraction of sp³-hybridized carbons (Fsp3) is 0.192. The van der Waals surface area contributed by atoms with Crippen LogP contribution in [0.3, 0.4) is 0 Å². The highest BCUT2D eigenvalue weighted by Crippen LogP contribution is 2.25. The Balaban J connectivity index is 1.51. The smallest absolute Gasteiger partial charge is 0.255 e. The third kappa shape index (κ3) is 5.45. The maximum Gasteiger partial charge on any atom is 0.255 e. The third-order valence-corrected chi connectivity index (χ3v) is 5.49. The van der Waals surface area contributed by atoms with Gasteiger partial charge in [-0.25, -0.2) is 4.98 Å². The van der Waals surface area contributed by atoms with E-state index in [-0.39, 0.29) is 11.6 Å². The molecule has 0 aliphatic carbocycles. The number of benzene rings is 2. The summed E-state index contributed by atoms with van der Waals surface area (Å²) in [6.07, 6.45) is 4.25. The van der Waals surface area contributed by atoms with Gasteiger partial charge in [0.25, 0.3) is 5.56 Å². The van der Waals surface area contributed by atoms with Gasteiger partial charge in [-0.05, 0) is 42.2 Å². The summed E-state index contributed by atoms with van der Waals surface area (Å²) < 4.78 is 0. The number of nitrogens with one attached hydrogen (secondary N) is 2. The Bertz CT molecular complexity index is 1270. The summed E-state index contributed by atoms with van der Waals surface area (Å²) in [5, 5.41) is 3.38. The number of anilines is 3. The summed E-state index contributed by atoms with van der Waals surface area (Å²) in [4.78, 5) is 26.2. The van der Waals surface area contributed by atoms with Crippen molar-refractivity contribution in [1.82, 2.24) is 15.0 Å². The van der Waals surface area contributed by atoms with Crippen molar-refractivity contribution in [2.75, 3.05) is 17.3 Å². The van der Waals surface area contributed by atoms with E-state index in [1.165, 1.54) is 5.56 Å². The second-order valence-corrected chi connectivity index (χ2v) is 8.04. The molecule has 2 aromatic carbocycles. The fourth-order valence-electron chi connectivity index (χ4n) is 3.74. The van der Waals surface area contributed by atoms with Crippen molar-refractivity contribution in [3.05, 3.63) is 101 Å². The molecule has 0 radical (unpaired) electrons. The van der Waals surface area contributed by atoms with E-state index in [0.717, 1.165) is 29.1 Å². The Morgan fingerprint density at radius 1 is 1.06 bits per heavy atom. The molecule has 2 aromatic heterocycles. The van der Waals surface area contributed by atoms with Gasteiger partial charge in [0.1, 0.15) is 5.82 Å². The summed E-state index contributed by atoms with van der Waals surface area (Å²) in [6, 6.07) is 21.8. The van der Waals surface area contributed by atoms with Gasteiger partial charge in [0.15, 0.2) is 0 Å². The van der Waals surface area contributed by atoms with Gasteiger partial charge >= 0.3 is 0 Å². The first-order valence-electron chi connectivity index (χ1n) is 10.9. The second-order valence-electron chi connectivity index (χ2n) is 8.04. The molecule has 168 valence electrons. The highest BCUT2D eigenvalue weighted by molar-refractivity contribution is 5.69. The van der Waals surface area contributed by atoms with E-state index in [4.69, 9.17) is 5.73 Å². The quantitative estimate of drug-likeness (QED) is 0.381. The number of nitrogens with zero attached hydrogens (tertiary/aromatic N) is 3. The lowest BCUT2D eigenvalue weighted by Gasteiger charge is -2.20. The van der Waals surface area contributed by atoms with Crippen molar-refractivity contribution < 1.29 is 0 Å². The van der Waals surface area contributed by atoms with Crippen LogP contribution in [0.5, 0.6) is 0 Å². The topological polar surface area (TPSA) is 99.9 Å². The minimum absolute atomic E-state index is 0.129. The van der Waals surface area contributed by atoms with Crippen LogP contribution in [0.25, 0.3) is 11.1 Å². The summed E-state index contributed by atoms with van der Waals surface area (Å²) in [5.41, 5.74) is 10.3. The summed E-state index contributed by atoms with van der Waals surface area (Å²) in [7, 11) is 1.91. The first-order chi connectivity index (χ1) is 16.0. The maximum atomic E-state index is 12.4. The van der Waals surface area contributed by atoms with Crippen LogP contribution >= 0.6 is 0 Å². The molecule has 0 aliphatic heterocycles. The molecule has 0 fully saturated rings. The average Bonchev–Trinajstić information content (AvgIpc) is 2.84. The maximum absolute atomic E-state index is 12.4. The van der Waals surface area contributed by atoms with Crippen LogP contribution in [-0.2, 0) is 13.0 Å². The molecule has 7 heteroatoms. The van der Waals surface area contributed by atoms with Gasteiger partial charge in [-0.3, -0.25) is 4.79 Å². The molecule has 4 N–H and O–H groups in total. The molecular weight excluding hydrogens is 412 g/mol. The number of rotatable bonds is 8. The van der Waals surface area contributed by atoms with E-state index in [2.05, 4.69) is 39.3 Å². The van der Waals surface area contributed by atoms with E-state index in [0.29, 0.717) is 18.1 Å². The van der Waals surface area contributed by atoms with Crippen LogP contribution in [0.15, 0.2) is 83.9 Å².